The van der Waals surface area contributed by atoms with Crippen LogP contribution in [0, 0.1) is 11.6 Å². The van der Waals surface area contributed by atoms with Gasteiger partial charge in [0.2, 0.25) is 0 Å². The van der Waals surface area contributed by atoms with Gasteiger partial charge in [0.05, 0.1) is 19.3 Å². The van der Waals surface area contributed by atoms with Crippen LogP contribution in [0.4, 0.5) is 14.6 Å². The summed E-state index contributed by atoms with van der Waals surface area (Å²) in [5.74, 6) is -1.33. The molecule has 0 radical (unpaired) electrons. The van der Waals surface area contributed by atoms with Crippen molar-refractivity contribution in [3.05, 3.63) is 59.4 Å². The molecule has 146 valence electrons. The lowest BCUT2D eigenvalue weighted by molar-refractivity contribution is 0.100. The van der Waals surface area contributed by atoms with Crippen LogP contribution in [-0.2, 0) is 6.54 Å². The number of hydrogen-bond acceptors (Lipinski definition) is 6. The molecule has 0 aliphatic rings. The van der Waals surface area contributed by atoms with Gasteiger partial charge in [0.25, 0.3) is 0 Å². The van der Waals surface area contributed by atoms with Crippen molar-refractivity contribution in [1.82, 2.24) is 19.7 Å². The van der Waals surface area contributed by atoms with Crippen LogP contribution in [0.5, 0.6) is 0 Å². The van der Waals surface area contributed by atoms with Crippen LogP contribution in [0.2, 0.25) is 0 Å². The summed E-state index contributed by atoms with van der Waals surface area (Å²) in [6, 6.07) is 7.27. The Labute approximate surface area is 160 Å². The van der Waals surface area contributed by atoms with Crippen LogP contribution >= 0.6 is 0 Å². The molecule has 1 unspecified atom stereocenters. The van der Waals surface area contributed by atoms with Gasteiger partial charge in [-0.15, -0.1) is 0 Å². The highest BCUT2D eigenvalue weighted by molar-refractivity contribution is 5.93. The molecule has 2 aromatic heterocycles. The molecule has 0 fully saturated rings. The Balaban J connectivity index is 1.98. The van der Waals surface area contributed by atoms with Crippen molar-refractivity contribution in [2.75, 3.05) is 11.9 Å². The molecule has 28 heavy (non-hydrogen) atoms. The second kappa shape index (κ2) is 8.22. The van der Waals surface area contributed by atoms with Crippen molar-refractivity contribution in [3.63, 3.8) is 0 Å². The van der Waals surface area contributed by atoms with Crippen molar-refractivity contribution in [2.45, 2.75) is 26.4 Å². The summed E-state index contributed by atoms with van der Waals surface area (Å²) in [5.41, 5.74) is 0.879. The number of aliphatic hydroxyl groups excluding tert-OH is 1. The van der Waals surface area contributed by atoms with Crippen LogP contribution in [-0.4, -0.2) is 43.3 Å². The monoisotopic (exact) mass is 387 g/mol. The van der Waals surface area contributed by atoms with Gasteiger partial charge in [-0.2, -0.15) is 5.10 Å². The minimum absolute atomic E-state index is 0.0510. The van der Waals surface area contributed by atoms with Gasteiger partial charge < -0.3 is 10.4 Å². The maximum atomic E-state index is 14.0. The lowest BCUT2D eigenvalue weighted by Gasteiger charge is -2.12. The predicted molar refractivity (Wildman–Crippen MR) is 98.9 cm³/mol. The minimum atomic E-state index is -0.679. The molecule has 3 rings (SSSR count). The van der Waals surface area contributed by atoms with Crippen LogP contribution < -0.4 is 5.32 Å². The smallest absolute Gasteiger partial charge is 0.183 e. The fraction of sp³-hybridized carbons (Fsp3) is 0.263. The molecule has 0 aliphatic heterocycles. The number of ketones is 1. The molecule has 2 N–H and O–H groups in total. The Morgan fingerprint density at radius 1 is 1.29 bits per heavy atom. The molecular weight excluding hydrogens is 368 g/mol. The number of rotatable bonds is 7. The Kier molecular flexibility index (Phi) is 5.74. The third-order valence-corrected chi connectivity index (χ3v) is 4.05. The third kappa shape index (κ3) is 4.20. The summed E-state index contributed by atoms with van der Waals surface area (Å²) in [6.07, 6.45) is 0.984. The Morgan fingerprint density at radius 2 is 2.04 bits per heavy atom. The third-order valence-electron chi connectivity index (χ3n) is 4.05. The lowest BCUT2D eigenvalue weighted by atomic mass is 10.2. The quantitative estimate of drug-likeness (QED) is 0.606. The summed E-state index contributed by atoms with van der Waals surface area (Å²) < 4.78 is 29.3. The predicted octanol–water partition coefficient (Wildman–Crippen LogP) is 2.66. The largest absolute Gasteiger partial charge is 0.394 e. The van der Waals surface area contributed by atoms with Crippen molar-refractivity contribution < 1.29 is 18.7 Å². The summed E-state index contributed by atoms with van der Waals surface area (Å²) in [7, 11) is 0. The minimum Gasteiger partial charge on any atom is -0.394 e. The van der Waals surface area contributed by atoms with Crippen molar-refractivity contribution >= 4 is 11.6 Å². The Morgan fingerprint density at radius 3 is 2.71 bits per heavy atom. The lowest BCUT2D eigenvalue weighted by Crippen LogP contribution is -2.21. The first-order valence-electron chi connectivity index (χ1n) is 8.61. The van der Waals surface area contributed by atoms with E-state index in [-0.39, 0.29) is 42.0 Å². The highest BCUT2D eigenvalue weighted by atomic mass is 19.1. The number of nitrogens with zero attached hydrogens (tertiary/aromatic N) is 4. The molecule has 9 heteroatoms. The molecule has 0 spiro atoms. The van der Waals surface area contributed by atoms with Gasteiger partial charge in [0.1, 0.15) is 17.2 Å². The van der Waals surface area contributed by atoms with Gasteiger partial charge >= 0.3 is 0 Å². The molecule has 3 aromatic rings. The van der Waals surface area contributed by atoms with Gasteiger partial charge in [-0.3, -0.25) is 9.48 Å². The highest BCUT2D eigenvalue weighted by Crippen LogP contribution is 2.21. The number of carbonyl (C=O) groups is 1. The maximum absolute atomic E-state index is 14.0. The average molecular weight is 387 g/mol. The number of benzene rings is 1. The fourth-order valence-electron chi connectivity index (χ4n) is 2.59. The summed E-state index contributed by atoms with van der Waals surface area (Å²) >= 11 is 0. The number of anilines is 1. The SMILES string of the molecule is CC(=O)c1cc(-c2ncc(F)c(NC(C)CO)n2)nn1Cc1ccccc1F. The molecule has 0 saturated carbocycles. The van der Waals surface area contributed by atoms with Crippen LogP contribution in [0.25, 0.3) is 11.5 Å². The second-order valence-electron chi connectivity index (χ2n) is 6.34. The molecule has 0 aliphatic carbocycles. The van der Waals surface area contributed by atoms with E-state index in [0.29, 0.717) is 5.56 Å². The maximum Gasteiger partial charge on any atom is 0.183 e. The van der Waals surface area contributed by atoms with E-state index < -0.39 is 17.7 Å². The van der Waals surface area contributed by atoms with Crippen molar-refractivity contribution in [3.8, 4) is 11.5 Å². The van der Waals surface area contributed by atoms with E-state index in [2.05, 4.69) is 20.4 Å². The number of hydrogen-bond donors (Lipinski definition) is 2. The van der Waals surface area contributed by atoms with Crippen LogP contribution in [0.15, 0.2) is 36.5 Å². The molecule has 1 aromatic carbocycles. The number of Topliss-reactive ketones (excluding diaryl/α,β-unsaturated/α-hetero) is 1. The Bertz CT molecular complexity index is 1010. The average Bonchev–Trinajstić information content (AvgIpc) is 3.09. The molecule has 0 saturated heterocycles. The summed E-state index contributed by atoms with van der Waals surface area (Å²) in [4.78, 5) is 20.0. The molecule has 0 bridgehead atoms. The number of aromatic nitrogens is 4. The number of carbonyl (C=O) groups excluding carboxylic acids is 1. The summed E-state index contributed by atoms with van der Waals surface area (Å²) in [6.45, 7) is 2.89. The highest BCUT2D eigenvalue weighted by Gasteiger charge is 2.18. The van der Waals surface area contributed by atoms with E-state index in [9.17, 15) is 13.6 Å². The molecule has 1 atom stereocenters. The normalized spacial score (nSPS) is 12.0. The van der Waals surface area contributed by atoms with E-state index in [1.807, 2.05) is 0 Å². The Hall–Kier alpha value is -3.20. The zero-order chi connectivity index (χ0) is 20.3. The van der Waals surface area contributed by atoms with Crippen LogP contribution in [0.1, 0.15) is 29.9 Å². The van der Waals surface area contributed by atoms with E-state index in [1.54, 1.807) is 25.1 Å². The van der Waals surface area contributed by atoms with Crippen molar-refractivity contribution in [1.29, 1.82) is 0 Å². The molecule has 0 amide bonds. The van der Waals surface area contributed by atoms with Crippen molar-refractivity contribution in [2.24, 2.45) is 0 Å². The first-order valence-corrected chi connectivity index (χ1v) is 8.61. The van der Waals surface area contributed by atoms with Crippen LogP contribution in [0.3, 0.4) is 0 Å². The molecular formula is C19H19F2N5O2. The van der Waals surface area contributed by atoms with Gasteiger partial charge in [0.15, 0.2) is 23.2 Å². The van der Waals surface area contributed by atoms with Gasteiger partial charge in [-0.25, -0.2) is 18.7 Å². The molecule has 7 nitrogen and oxygen atoms in total. The van der Waals surface area contributed by atoms with E-state index in [0.717, 1.165) is 6.20 Å². The van der Waals surface area contributed by atoms with Gasteiger partial charge in [-0.1, -0.05) is 18.2 Å². The zero-order valence-electron chi connectivity index (χ0n) is 15.4. The van der Waals surface area contributed by atoms with E-state index in [1.165, 1.54) is 23.7 Å². The van der Waals surface area contributed by atoms with Gasteiger partial charge in [0, 0.05) is 18.5 Å². The number of halogens is 2. The van der Waals surface area contributed by atoms with E-state index in [4.69, 9.17) is 5.11 Å². The van der Waals surface area contributed by atoms with Gasteiger partial charge in [-0.05, 0) is 19.1 Å². The standard InChI is InChI=1S/C19H19F2N5O2/c1-11(10-27)23-18-15(21)8-22-19(24-18)16-7-17(12(2)28)26(25-16)9-13-5-3-4-6-14(13)20/h3-8,11,27H,9-10H2,1-2H3,(H,22,23,24). The first kappa shape index (κ1) is 19.6. The topological polar surface area (TPSA) is 92.9 Å². The fourth-order valence-corrected chi connectivity index (χ4v) is 2.59. The second-order valence-corrected chi connectivity index (χ2v) is 6.34. The number of aliphatic hydroxyl groups is 1. The number of nitrogens with one attached hydrogen (secondary N) is 1. The zero-order valence-corrected chi connectivity index (χ0v) is 15.4. The molecule has 2 heterocycles. The summed E-state index contributed by atoms with van der Waals surface area (Å²) in [5, 5.41) is 16.2. The van der Waals surface area contributed by atoms with E-state index >= 15 is 0 Å². The first-order chi connectivity index (χ1) is 13.4.